The van der Waals surface area contributed by atoms with E-state index in [0.717, 1.165) is 11.1 Å². The number of aryl methyl sites for hydroxylation is 1. The van der Waals surface area contributed by atoms with Crippen LogP contribution in [0.5, 0.6) is 0 Å². The van der Waals surface area contributed by atoms with E-state index < -0.39 is 0 Å². The smallest absolute Gasteiger partial charge is 0.330 e. The predicted octanol–water partition coefficient (Wildman–Crippen LogP) is 1.33. The number of hydrogen-bond donors (Lipinski definition) is 2. The topological polar surface area (TPSA) is 77.0 Å². The fourth-order valence-corrected chi connectivity index (χ4v) is 1.18. The molecule has 1 aromatic heterocycles. The number of aromatic nitrogens is 2. The lowest BCUT2D eigenvalue weighted by atomic mass is 10.1. The Balaban J connectivity index is 2.39. The van der Waals surface area contributed by atoms with Crippen molar-refractivity contribution in [3.63, 3.8) is 0 Å². The van der Waals surface area contributed by atoms with Gasteiger partial charge < -0.3 is 4.42 Å². The van der Waals surface area contributed by atoms with E-state index in [2.05, 4.69) is 15.6 Å². The van der Waals surface area contributed by atoms with E-state index in [1.165, 1.54) is 0 Å². The Morgan fingerprint density at radius 1 is 1.36 bits per heavy atom. The van der Waals surface area contributed by atoms with Crippen LogP contribution in [-0.2, 0) is 0 Å². The molecule has 2 rings (SSSR count). The third kappa shape index (κ3) is 1.57. The van der Waals surface area contributed by atoms with E-state index in [4.69, 9.17) is 10.3 Å². The molecule has 0 aliphatic carbocycles. The van der Waals surface area contributed by atoms with Crippen molar-refractivity contribution in [3.8, 4) is 11.5 Å². The Kier molecular flexibility index (Phi) is 2.16. The maximum Gasteiger partial charge on any atom is 0.330 e. The summed E-state index contributed by atoms with van der Waals surface area (Å²) in [4.78, 5) is 0. The molecule has 0 aliphatic rings. The normalized spacial score (nSPS) is 10.1. The molecule has 2 aromatic rings. The monoisotopic (exact) mass is 190 g/mol. The number of rotatable bonds is 2. The molecule has 1 heterocycles. The fraction of sp³-hybridized carbons (Fsp3) is 0.111. The van der Waals surface area contributed by atoms with Crippen LogP contribution in [0.2, 0.25) is 0 Å². The number of nitrogens with one attached hydrogen (secondary N) is 1. The van der Waals surface area contributed by atoms with Crippen LogP contribution in [0.3, 0.4) is 0 Å². The molecule has 0 fully saturated rings. The lowest BCUT2D eigenvalue weighted by Crippen LogP contribution is -2.06. The first-order chi connectivity index (χ1) is 6.79. The van der Waals surface area contributed by atoms with Crippen LogP contribution in [0.15, 0.2) is 28.7 Å². The minimum absolute atomic E-state index is 0.210. The van der Waals surface area contributed by atoms with Crippen LogP contribution in [-0.4, -0.2) is 10.2 Å². The number of nitrogens with zero attached hydrogens (tertiary/aromatic N) is 2. The van der Waals surface area contributed by atoms with Crippen molar-refractivity contribution in [3.05, 3.63) is 29.8 Å². The molecule has 72 valence electrons. The maximum absolute atomic E-state index is 5.22. The Bertz CT molecular complexity index is 438. The Morgan fingerprint density at radius 3 is 2.86 bits per heavy atom. The second-order valence-corrected chi connectivity index (χ2v) is 2.93. The summed E-state index contributed by atoms with van der Waals surface area (Å²) in [7, 11) is 0. The molecule has 0 radical (unpaired) electrons. The molecule has 5 nitrogen and oxygen atoms in total. The largest absolute Gasteiger partial charge is 0.402 e. The van der Waals surface area contributed by atoms with Crippen molar-refractivity contribution in [1.29, 1.82) is 0 Å². The van der Waals surface area contributed by atoms with E-state index in [1.807, 2.05) is 31.2 Å². The number of hydrogen-bond acceptors (Lipinski definition) is 5. The van der Waals surface area contributed by atoms with Gasteiger partial charge in [0.15, 0.2) is 0 Å². The van der Waals surface area contributed by atoms with Crippen molar-refractivity contribution in [2.45, 2.75) is 6.92 Å². The van der Waals surface area contributed by atoms with Gasteiger partial charge in [-0.25, -0.2) is 5.84 Å². The van der Waals surface area contributed by atoms with E-state index in [9.17, 15) is 0 Å². The van der Waals surface area contributed by atoms with E-state index in [-0.39, 0.29) is 6.01 Å². The van der Waals surface area contributed by atoms with Gasteiger partial charge in [-0.3, -0.25) is 5.43 Å². The van der Waals surface area contributed by atoms with Crippen molar-refractivity contribution in [2.24, 2.45) is 5.84 Å². The van der Waals surface area contributed by atoms with Crippen molar-refractivity contribution in [1.82, 2.24) is 10.2 Å². The zero-order valence-electron chi connectivity index (χ0n) is 7.69. The van der Waals surface area contributed by atoms with Crippen molar-refractivity contribution >= 4 is 6.01 Å². The molecule has 5 heteroatoms. The van der Waals surface area contributed by atoms with Gasteiger partial charge in [-0.15, -0.1) is 5.10 Å². The van der Waals surface area contributed by atoms with Crippen LogP contribution in [0.25, 0.3) is 11.5 Å². The third-order valence-corrected chi connectivity index (χ3v) is 1.81. The lowest BCUT2D eigenvalue weighted by molar-refractivity contribution is 0.582. The van der Waals surface area contributed by atoms with Gasteiger partial charge in [-0.1, -0.05) is 22.8 Å². The van der Waals surface area contributed by atoms with Crippen LogP contribution >= 0.6 is 0 Å². The second kappa shape index (κ2) is 3.47. The molecular weight excluding hydrogens is 180 g/mol. The molecule has 0 bridgehead atoms. The van der Waals surface area contributed by atoms with Crippen LogP contribution in [0.4, 0.5) is 6.01 Å². The van der Waals surface area contributed by atoms with Crippen molar-refractivity contribution in [2.75, 3.05) is 5.43 Å². The Labute approximate surface area is 80.9 Å². The highest BCUT2D eigenvalue weighted by molar-refractivity contribution is 5.54. The minimum atomic E-state index is 0.210. The molecule has 0 saturated heterocycles. The third-order valence-electron chi connectivity index (χ3n) is 1.81. The number of benzene rings is 1. The summed E-state index contributed by atoms with van der Waals surface area (Å²) < 4.78 is 5.22. The van der Waals surface area contributed by atoms with E-state index >= 15 is 0 Å². The fourth-order valence-electron chi connectivity index (χ4n) is 1.18. The Morgan fingerprint density at radius 2 is 2.21 bits per heavy atom. The Hall–Kier alpha value is -1.88. The summed E-state index contributed by atoms with van der Waals surface area (Å²) in [5.41, 5.74) is 4.32. The zero-order chi connectivity index (χ0) is 9.97. The highest BCUT2D eigenvalue weighted by atomic mass is 16.4. The average Bonchev–Trinajstić information content (AvgIpc) is 2.66. The number of anilines is 1. The summed E-state index contributed by atoms with van der Waals surface area (Å²) in [6, 6.07) is 8.02. The number of hydrazine groups is 1. The second-order valence-electron chi connectivity index (χ2n) is 2.93. The SMILES string of the molecule is Cc1cccc(-c2nnc(NN)o2)c1. The molecule has 0 amide bonds. The van der Waals surface area contributed by atoms with Crippen molar-refractivity contribution < 1.29 is 4.42 Å². The molecule has 1 aromatic carbocycles. The first-order valence-electron chi connectivity index (χ1n) is 4.17. The quantitative estimate of drug-likeness (QED) is 0.551. The molecule has 0 saturated carbocycles. The molecule has 3 N–H and O–H groups in total. The highest BCUT2D eigenvalue weighted by Crippen LogP contribution is 2.19. The summed E-state index contributed by atoms with van der Waals surface area (Å²) in [5.74, 6) is 5.58. The van der Waals surface area contributed by atoms with E-state index in [0.29, 0.717) is 5.89 Å². The first kappa shape index (κ1) is 8.71. The van der Waals surface area contributed by atoms with Gasteiger partial charge in [0.25, 0.3) is 0 Å². The molecule has 0 aliphatic heterocycles. The minimum Gasteiger partial charge on any atom is -0.402 e. The molecule has 0 spiro atoms. The first-order valence-corrected chi connectivity index (χ1v) is 4.17. The van der Waals surface area contributed by atoms with Gasteiger partial charge in [0.1, 0.15) is 0 Å². The van der Waals surface area contributed by atoms with Crippen LogP contribution in [0.1, 0.15) is 5.56 Å². The molecule has 0 atom stereocenters. The summed E-state index contributed by atoms with van der Waals surface area (Å²) >= 11 is 0. The van der Waals surface area contributed by atoms with Gasteiger partial charge in [0.05, 0.1) is 0 Å². The molecular formula is C9H10N4O. The summed E-state index contributed by atoms with van der Waals surface area (Å²) in [6.07, 6.45) is 0. The van der Waals surface area contributed by atoms with Gasteiger partial charge in [-0.2, -0.15) is 0 Å². The number of nitrogen functional groups attached to an aromatic ring is 1. The maximum atomic E-state index is 5.22. The average molecular weight is 190 g/mol. The predicted molar refractivity (Wildman–Crippen MR) is 52.3 cm³/mol. The molecule has 14 heavy (non-hydrogen) atoms. The number of nitrogens with two attached hydrogens (primary N) is 1. The summed E-state index contributed by atoms with van der Waals surface area (Å²) in [5, 5.41) is 7.53. The van der Waals surface area contributed by atoms with Crippen LogP contribution in [0, 0.1) is 6.92 Å². The zero-order valence-corrected chi connectivity index (χ0v) is 7.69. The van der Waals surface area contributed by atoms with Gasteiger partial charge in [0, 0.05) is 5.56 Å². The van der Waals surface area contributed by atoms with Gasteiger partial charge in [0.2, 0.25) is 5.89 Å². The van der Waals surface area contributed by atoms with Gasteiger partial charge >= 0.3 is 6.01 Å². The lowest BCUT2D eigenvalue weighted by Gasteiger charge is -1.95. The summed E-state index contributed by atoms with van der Waals surface area (Å²) in [6.45, 7) is 2.00. The van der Waals surface area contributed by atoms with Crippen LogP contribution < -0.4 is 11.3 Å². The highest BCUT2D eigenvalue weighted by Gasteiger charge is 2.06. The van der Waals surface area contributed by atoms with Gasteiger partial charge in [-0.05, 0) is 19.1 Å². The van der Waals surface area contributed by atoms with E-state index in [1.54, 1.807) is 0 Å². The molecule has 0 unspecified atom stereocenters. The standard InChI is InChI=1S/C9H10N4O/c1-6-3-2-4-7(5-6)8-12-13-9(11-10)14-8/h2-5H,10H2,1H3,(H,11,13).